The highest BCUT2D eigenvalue weighted by Gasteiger charge is 2.15. The maximum absolute atomic E-state index is 11.5. The van der Waals surface area contributed by atoms with Gasteiger partial charge in [0.05, 0.1) is 36.0 Å². The Kier molecular flexibility index (Phi) is 4.03. The van der Waals surface area contributed by atoms with Crippen LogP contribution in [-0.2, 0) is 4.74 Å². The minimum Gasteiger partial charge on any atom is -0.478 e. The van der Waals surface area contributed by atoms with Crippen molar-refractivity contribution in [2.24, 2.45) is 0 Å². The number of aromatic nitrogens is 2. The molecule has 1 aliphatic heterocycles. The number of carboxylic acid groups (broad SMARTS) is 1. The number of aromatic carboxylic acids is 1. The molecule has 0 aliphatic carbocycles. The van der Waals surface area contributed by atoms with Gasteiger partial charge in [-0.05, 0) is 29.3 Å². The van der Waals surface area contributed by atoms with Crippen molar-refractivity contribution in [2.45, 2.75) is 0 Å². The second-order valence-electron chi connectivity index (χ2n) is 5.88. The highest BCUT2D eigenvalue weighted by Crippen LogP contribution is 2.27. The SMILES string of the molecule is O=C(O)c1ccccc1-c1ccc2ncc(N3CCOCC3)nc2c1. The Morgan fingerprint density at radius 3 is 2.68 bits per heavy atom. The zero-order valence-electron chi connectivity index (χ0n) is 13.6. The molecule has 1 aromatic heterocycles. The fourth-order valence-corrected chi connectivity index (χ4v) is 3.04. The number of rotatable bonds is 3. The van der Waals surface area contributed by atoms with E-state index in [-0.39, 0.29) is 5.56 Å². The summed E-state index contributed by atoms with van der Waals surface area (Å²) in [5.74, 6) is -0.122. The van der Waals surface area contributed by atoms with Gasteiger partial charge in [-0.25, -0.2) is 9.78 Å². The van der Waals surface area contributed by atoms with Crippen LogP contribution in [0.25, 0.3) is 22.2 Å². The van der Waals surface area contributed by atoms with Gasteiger partial charge in [0.25, 0.3) is 0 Å². The zero-order valence-corrected chi connectivity index (χ0v) is 13.6. The number of carboxylic acids is 1. The first kappa shape index (κ1) is 15.5. The minimum absolute atomic E-state index is 0.277. The largest absolute Gasteiger partial charge is 0.478 e. The van der Waals surface area contributed by atoms with Gasteiger partial charge in [-0.3, -0.25) is 4.98 Å². The van der Waals surface area contributed by atoms with Gasteiger partial charge in [0.1, 0.15) is 5.82 Å². The smallest absolute Gasteiger partial charge is 0.336 e. The van der Waals surface area contributed by atoms with E-state index >= 15 is 0 Å². The van der Waals surface area contributed by atoms with Crippen LogP contribution < -0.4 is 4.90 Å². The van der Waals surface area contributed by atoms with E-state index in [1.807, 2.05) is 30.3 Å². The number of hydrogen-bond donors (Lipinski definition) is 1. The number of benzene rings is 2. The molecule has 126 valence electrons. The first-order chi connectivity index (χ1) is 12.2. The van der Waals surface area contributed by atoms with Gasteiger partial charge in [-0.15, -0.1) is 0 Å². The van der Waals surface area contributed by atoms with Crippen LogP contribution in [0.15, 0.2) is 48.7 Å². The number of anilines is 1. The average molecular weight is 335 g/mol. The summed E-state index contributed by atoms with van der Waals surface area (Å²) in [4.78, 5) is 22.8. The molecule has 0 saturated carbocycles. The van der Waals surface area contributed by atoms with Crippen LogP contribution in [0.4, 0.5) is 5.82 Å². The molecule has 1 saturated heterocycles. The molecule has 0 radical (unpaired) electrons. The Balaban J connectivity index is 1.78. The molecule has 0 unspecified atom stereocenters. The molecular formula is C19H17N3O3. The molecule has 2 aromatic carbocycles. The summed E-state index contributed by atoms with van der Waals surface area (Å²) in [6.45, 7) is 2.96. The molecular weight excluding hydrogens is 318 g/mol. The van der Waals surface area contributed by atoms with Gasteiger partial charge in [-0.2, -0.15) is 0 Å². The lowest BCUT2D eigenvalue weighted by molar-refractivity contribution is 0.0697. The van der Waals surface area contributed by atoms with Crippen molar-refractivity contribution in [3.8, 4) is 11.1 Å². The van der Waals surface area contributed by atoms with E-state index in [9.17, 15) is 9.90 Å². The Morgan fingerprint density at radius 2 is 1.88 bits per heavy atom. The first-order valence-electron chi connectivity index (χ1n) is 8.14. The third-order valence-corrected chi connectivity index (χ3v) is 4.33. The van der Waals surface area contributed by atoms with Crippen molar-refractivity contribution in [3.05, 3.63) is 54.2 Å². The molecule has 0 amide bonds. The van der Waals surface area contributed by atoms with Gasteiger partial charge in [0.15, 0.2) is 0 Å². The summed E-state index contributed by atoms with van der Waals surface area (Å²) in [7, 11) is 0. The number of fused-ring (bicyclic) bond motifs is 1. The number of morpholine rings is 1. The average Bonchev–Trinajstić information content (AvgIpc) is 2.68. The summed E-state index contributed by atoms with van der Waals surface area (Å²) in [5.41, 5.74) is 3.31. The van der Waals surface area contributed by atoms with Crippen LogP contribution in [0.5, 0.6) is 0 Å². The molecule has 25 heavy (non-hydrogen) atoms. The summed E-state index contributed by atoms with van der Waals surface area (Å²) in [5, 5.41) is 9.41. The second-order valence-corrected chi connectivity index (χ2v) is 5.88. The molecule has 4 rings (SSSR count). The normalized spacial score (nSPS) is 14.6. The predicted molar refractivity (Wildman–Crippen MR) is 95.0 cm³/mol. The van der Waals surface area contributed by atoms with Gasteiger partial charge >= 0.3 is 5.97 Å². The molecule has 3 aromatic rings. The number of ether oxygens (including phenoxy) is 1. The lowest BCUT2D eigenvalue weighted by Gasteiger charge is -2.27. The van der Waals surface area contributed by atoms with Crippen LogP contribution in [0.2, 0.25) is 0 Å². The zero-order chi connectivity index (χ0) is 17.2. The Morgan fingerprint density at radius 1 is 1.08 bits per heavy atom. The van der Waals surface area contributed by atoms with Crippen molar-refractivity contribution < 1.29 is 14.6 Å². The van der Waals surface area contributed by atoms with Crippen LogP contribution in [0.3, 0.4) is 0 Å². The van der Waals surface area contributed by atoms with Crippen LogP contribution in [-0.4, -0.2) is 47.3 Å². The van der Waals surface area contributed by atoms with Crippen LogP contribution >= 0.6 is 0 Å². The fourth-order valence-electron chi connectivity index (χ4n) is 3.04. The van der Waals surface area contributed by atoms with E-state index in [4.69, 9.17) is 9.72 Å². The van der Waals surface area contributed by atoms with Crippen LogP contribution in [0, 0.1) is 0 Å². The molecule has 1 aliphatic rings. The monoisotopic (exact) mass is 335 g/mol. The standard InChI is InChI=1S/C19H17N3O3/c23-19(24)15-4-2-1-3-14(15)13-5-6-16-17(11-13)21-18(12-20-16)22-7-9-25-10-8-22/h1-6,11-12H,7-10H2,(H,23,24). The van der Waals surface area contributed by atoms with Gasteiger partial charge in [0, 0.05) is 13.1 Å². The molecule has 1 N–H and O–H groups in total. The van der Waals surface area contributed by atoms with Crippen molar-refractivity contribution in [1.82, 2.24) is 9.97 Å². The van der Waals surface area contributed by atoms with Crippen molar-refractivity contribution in [3.63, 3.8) is 0 Å². The Labute approximate surface area is 144 Å². The van der Waals surface area contributed by atoms with E-state index in [1.165, 1.54) is 0 Å². The third-order valence-electron chi connectivity index (χ3n) is 4.33. The molecule has 0 atom stereocenters. The van der Waals surface area contributed by atoms with E-state index in [2.05, 4.69) is 9.88 Å². The predicted octanol–water partition coefficient (Wildman–Crippen LogP) is 2.83. The second kappa shape index (κ2) is 6.49. The van der Waals surface area contributed by atoms with Crippen molar-refractivity contribution >= 4 is 22.8 Å². The fraction of sp³-hybridized carbons (Fsp3) is 0.211. The maximum Gasteiger partial charge on any atom is 0.336 e. The molecule has 1 fully saturated rings. The highest BCUT2D eigenvalue weighted by atomic mass is 16.5. The highest BCUT2D eigenvalue weighted by molar-refractivity contribution is 5.97. The minimum atomic E-state index is -0.941. The lowest BCUT2D eigenvalue weighted by atomic mass is 9.99. The quantitative estimate of drug-likeness (QED) is 0.793. The van der Waals surface area contributed by atoms with Gasteiger partial charge < -0.3 is 14.7 Å². The van der Waals surface area contributed by atoms with E-state index < -0.39 is 5.97 Å². The molecule has 6 heteroatoms. The summed E-state index contributed by atoms with van der Waals surface area (Å²) >= 11 is 0. The molecule has 0 bridgehead atoms. The van der Waals surface area contributed by atoms with Gasteiger partial charge in [0.2, 0.25) is 0 Å². The molecule has 6 nitrogen and oxygen atoms in total. The summed E-state index contributed by atoms with van der Waals surface area (Å²) in [6, 6.07) is 12.6. The van der Waals surface area contributed by atoms with Crippen molar-refractivity contribution in [2.75, 3.05) is 31.2 Å². The topological polar surface area (TPSA) is 75.5 Å². The van der Waals surface area contributed by atoms with E-state index in [0.29, 0.717) is 18.8 Å². The summed E-state index contributed by atoms with van der Waals surface area (Å²) in [6.07, 6.45) is 1.78. The van der Waals surface area contributed by atoms with E-state index in [1.54, 1.807) is 18.3 Å². The number of hydrogen-bond acceptors (Lipinski definition) is 5. The number of carbonyl (C=O) groups is 1. The maximum atomic E-state index is 11.5. The molecule has 2 heterocycles. The van der Waals surface area contributed by atoms with Crippen molar-refractivity contribution in [1.29, 1.82) is 0 Å². The Bertz CT molecular complexity index is 936. The first-order valence-corrected chi connectivity index (χ1v) is 8.14. The molecule has 0 spiro atoms. The van der Waals surface area contributed by atoms with Crippen LogP contribution in [0.1, 0.15) is 10.4 Å². The van der Waals surface area contributed by atoms with Gasteiger partial charge in [-0.1, -0.05) is 24.3 Å². The third kappa shape index (κ3) is 3.04. The number of nitrogens with zero attached hydrogens (tertiary/aromatic N) is 3. The van der Waals surface area contributed by atoms with E-state index in [0.717, 1.165) is 35.5 Å². The summed E-state index contributed by atoms with van der Waals surface area (Å²) < 4.78 is 5.38. The lowest BCUT2D eigenvalue weighted by Crippen LogP contribution is -2.36. The Hall–Kier alpha value is -2.99.